The minimum Gasteiger partial charge on any atom is -0.277 e. The summed E-state index contributed by atoms with van der Waals surface area (Å²) in [4.78, 5) is 14.5. The van der Waals surface area contributed by atoms with Crippen molar-refractivity contribution in [1.29, 1.82) is 0 Å². The number of rotatable bonds is 4. The first kappa shape index (κ1) is 14.0. The predicted molar refractivity (Wildman–Crippen MR) is 81.4 cm³/mol. The average molecular weight is 322 g/mol. The van der Waals surface area contributed by atoms with E-state index in [1.165, 1.54) is 9.08 Å². The number of pyridine rings is 1. The zero-order chi connectivity index (χ0) is 15.3. The molecule has 2 aliphatic rings. The lowest BCUT2D eigenvalue weighted by Gasteiger charge is -2.27. The van der Waals surface area contributed by atoms with Crippen LogP contribution in [0.5, 0.6) is 0 Å². The summed E-state index contributed by atoms with van der Waals surface area (Å²) in [5.41, 5.74) is 0.435. The summed E-state index contributed by atoms with van der Waals surface area (Å²) >= 11 is 0. The molecule has 22 heavy (non-hydrogen) atoms. The second-order valence-electron chi connectivity index (χ2n) is 6.15. The molecular weight excluding hydrogens is 304 g/mol. The van der Waals surface area contributed by atoms with Gasteiger partial charge >= 0.3 is 5.69 Å². The molecule has 1 saturated carbocycles. The molecule has 2 fully saturated rings. The molecule has 0 radical (unpaired) electrons. The van der Waals surface area contributed by atoms with Crippen LogP contribution in [0.25, 0.3) is 5.65 Å². The number of hydrogen-bond donors (Lipinski definition) is 0. The molecule has 1 aliphatic carbocycles. The predicted octanol–water partition coefficient (Wildman–Crippen LogP) is 0.105. The summed E-state index contributed by atoms with van der Waals surface area (Å²) in [6.45, 7) is 0.366. The van der Waals surface area contributed by atoms with E-state index in [1.54, 1.807) is 18.3 Å². The van der Waals surface area contributed by atoms with E-state index in [4.69, 9.17) is 0 Å². The normalized spacial score (nSPS) is 24.3. The Morgan fingerprint density at radius 3 is 2.68 bits per heavy atom. The van der Waals surface area contributed by atoms with Gasteiger partial charge in [-0.1, -0.05) is 6.07 Å². The van der Waals surface area contributed by atoms with Crippen LogP contribution in [0.3, 0.4) is 0 Å². The molecule has 0 bridgehead atoms. The van der Waals surface area contributed by atoms with Gasteiger partial charge in [0.2, 0.25) is 0 Å². The molecule has 2 aromatic heterocycles. The highest BCUT2D eigenvalue weighted by Crippen LogP contribution is 2.32. The monoisotopic (exact) mass is 322 g/mol. The molecule has 118 valence electrons. The Labute approximate surface area is 128 Å². The number of aromatic nitrogens is 3. The van der Waals surface area contributed by atoms with Crippen molar-refractivity contribution in [1.82, 2.24) is 19.1 Å². The van der Waals surface area contributed by atoms with Gasteiger partial charge in [0, 0.05) is 18.3 Å². The van der Waals surface area contributed by atoms with Gasteiger partial charge in [-0.25, -0.2) is 13.2 Å². The SMILES string of the molecule is O=c1n(CN(C2CC2)[C@H]2CCS(=O)(=O)C2)nc2ccccn12. The van der Waals surface area contributed by atoms with E-state index < -0.39 is 9.84 Å². The molecule has 2 aromatic rings. The first-order valence-corrected chi connectivity index (χ1v) is 9.36. The van der Waals surface area contributed by atoms with Gasteiger partial charge in [-0.15, -0.1) is 5.10 Å². The minimum atomic E-state index is -2.93. The van der Waals surface area contributed by atoms with Crippen LogP contribution in [0, 0.1) is 0 Å². The lowest BCUT2D eigenvalue weighted by molar-refractivity contribution is 0.144. The van der Waals surface area contributed by atoms with Crippen molar-refractivity contribution in [2.24, 2.45) is 0 Å². The standard InChI is InChI=1S/C14H18N4O3S/c19-14-16-7-2-1-3-13(16)15-18(14)10-17(11-4-5-11)12-6-8-22(20,21)9-12/h1-3,7,11-12H,4-6,8-10H2/t12-/m0/s1. The van der Waals surface area contributed by atoms with E-state index in [0.717, 1.165) is 12.8 Å². The van der Waals surface area contributed by atoms with Gasteiger partial charge in [-0.3, -0.25) is 9.30 Å². The molecule has 7 nitrogen and oxygen atoms in total. The van der Waals surface area contributed by atoms with Crippen LogP contribution in [-0.2, 0) is 16.5 Å². The number of nitrogens with zero attached hydrogens (tertiary/aromatic N) is 4. The molecule has 0 spiro atoms. The van der Waals surface area contributed by atoms with Crippen molar-refractivity contribution in [3.05, 3.63) is 34.9 Å². The maximum Gasteiger partial charge on any atom is 0.351 e. The van der Waals surface area contributed by atoms with Gasteiger partial charge in [-0.05, 0) is 31.4 Å². The fraction of sp³-hybridized carbons (Fsp3) is 0.571. The third-order valence-corrected chi connectivity index (χ3v) is 6.23. The lowest BCUT2D eigenvalue weighted by Crippen LogP contribution is -2.42. The van der Waals surface area contributed by atoms with Crippen LogP contribution in [0.15, 0.2) is 29.2 Å². The molecule has 1 aliphatic heterocycles. The Hall–Kier alpha value is -1.67. The average Bonchev–Trinajstić information content (AvgIpc) is 3.20. The van der Waals surface area contributed by atoms with Crippen LogP contribution < -0.4 is 5.69 Å². The summed E-state index contributed by atoms with van der Waals surface area (Å²) in [7, 11) is -2.93. The summed E-state index contributed by atoms with van der Waals surface area (Å²) in [5, 5.41) is 4.35. The highest BCUT2D eigenvalue weighted by molar-refractivity contribution is 7.91. The molecule has 8 heteroatoms. The van der Waals surface area contributed by atoms with Gasteiger partial charge in [0.1, 0.15) is 0 Å². The molecule has 1 atom stereocenters. The van der Waals surface area contributed by atoms with E-state index in [1.807, 2.05) is 6.07 Å². The second-order valence-corrected chi connectivity index (χ2v) is 8.38. The van der Waals surface area contributed by atoms with E-state index in [2.05, 4.69) is 10.00 Å². The number of sulfone groups is 1. The first-order chi connectivity index (χ1) is 10.5. The molecule has 4 rings (SSSR count). The fourth-order valence-corrected chi connectivity index (χ4v) is 4.93. The maximum atomic E-state index is 12.4. The number of fused-ring (bicyclic) bond motifs is 1. The minimum absolute atomic E-state index is 0.00853. The Morgan fingerprint density at radius 1 is 1.23 bits per heavy atom. The van der Waals surface area contributed by atoms with Gasteiger partial charge in [-0.2, -0.15) is 4.68 Å². The van der Waals surface area contributed by atoms with Crippen molar-refractivity contribution in [3.8, 4) is 0 Å². The molecular formula is C14H18N4O3S. The van der Waals surface area contributed by atoms with E-state index in [-0.39, 0.29) is 23.2 Å². The third-order valence-electron chi connectivity index (χ3n) is 4.48. The fourth-order valence-electron chi connectivity index (χ4n) is 3.19. The molecule has 0 N–H and O–H groups in total. The lowest BCUT2D eigenvalue weighted by atomic mass is 10.2. The molecule has 0 unspecified atom stereocenters. The molecule has 0 aromatic carbocycles. The van der Waals surface area contributed by atoms with E-state index >= 15 is 0 Å². The van der Waals surface area contributed by atoms with Crippen molar-refractivity contribution >= 4 is 15.5 Å². The summed E-state index contributed by atoms with van der Waals surface area (Å²) in [6, 6.07) is 5.82. The Bertz CT molecular complexity index is 866. The highest BCUT2D eigenvalue weighted by Gasteiger charge is 2.40. The number of hydrogen-bond acceptors (Lipinski definition) is 5. The van der Waals surface area contributed by atoms with Crippen LogP contribution in [0.1, 0.15) is 19.3 Å². The van der Waals surface area contributed by atoms with Gasteiger partial charge in [0.15, 0.2) is 15.5 Å². The molecule has 0 amide bonds. The summed E-state index contributed by atoms with van der Waals surface area (Å²) in [5.74, 6) is 0.451. The van der Waals surface area contributed by atoms with Crippen molar-refractivity contribution in [3.63, 3.8) is 0 Å². The first-order valence-electron chi connectivity index (χ1n) is 7.54. The Kier molecular flexibility index (Phi) is 3.12. The summed E-state index contributed by atoms with van der Waals surface area (Å²) in [6.07, 6.45) is 4.49. The van der Waals surface area contributed by atoms with E-state index in [0.29, 0.717) is 24.8 Å². The topological polar surface area (TPSA) is 76.7 Å². The third kappa shape index (κ3) is 2.46. The van der Waals surface area contributed by atoms with Crippen molar-refractivity contribution in [2.75, 3.05) is 11.5 Å². The zero-order valence-electron chi connectivity index (χ0n) is 12.1. The highest BCUT2D eigenvalue weighted by atomic mass is 32.2. The Morgan fingerprint density at radius 2 is 2.05 bits per heavy atom. The Balaban J connectivity index is 1.64. The maximum absolute atomic E-state index is 12.4. The van der Waals surface area contributed by atoms with Gasteiger partial charge in [0.05, 0.1) is 18.2 Å². The van der Waals surface area contributed by atoms with Crippen LogP contribution in [0.2, 0.25) is 0 Å². The smallest absolute Gasteiger partial charge is 0.277 e. The van der Waals surface area contributed by atoms with Gasteiger partial charge in [0.25, 0.3) is 0 Å². The van der Waals surface area contributed by atoms with Crippen LogP contribution in [0.4, 0.5) is 0 Å². The zero-order valence-corrected chi connectivity index (χ0v) is 12.9. The molecule has 1 saturated heterocycles. The van der Waals surface area contributed by atoms with Crippen LogP contribution in [-0.4, -0.2) is 51.1 Å². The molecule has 3 heterocycles. The quantitative estimate of drug-likeness (QED) is 0.798. The largest absolute Gasteiger partial charge is 0.351 e. The summed E-state index contributed by atoms with van der Waals surface area (Å²) < 4.78 is 26.4. The second kappa shape index (κ2) is 4.92. The van der Waals surface area contributed by atoms with Crippen molar-refractivity contribution in [2.45, 2.75) is 38.0 Å². The van der Waals surface area contributed by atoms with Crippen molar-refractivity contribution < 1.29 is 8.42 Å². The van der Waals surface area contributed by atoms with Gasteiger partial charge < -0.3 is 0 Å². The van der Waals surface area contributed by atoms with E-state index in [9.17, 15) is 13.2 Å². The van der Waals surface area contributed by atoms with Crippen LogP contribution >= 0.6 is 0 Å².